The first-order chi connectivity index (χ1) is 27.4. The molecule has 2 atom stereocenters. The predicted molar refractivity (Wildman–Crippen MR) is 230 cm³/mol. The second-order valence-electron chi connectivity index (χ2n) is 17.9. The highest BCUT2D eigenvalue weighted by molar-refractivity contribution is 5.85. The Morgan fingerprint density at radius 2 is 0.862 bits per heavy atom. The molecule has 0 radical (unpaired) electrons. The Balaban J connectivity index is 4.01. The summed E-state index contributed by atoms with van der Waals surface area (Å²) in [5.74, 6) is -2.12. The predicted octanol–water partition coefficient (Wildman–Crippen LogP) is 8.33. The van der Waals surface area contributed by atoms with Crippen molar-refractivity contribution in [2.75, 3.05) is 13.1 Å². The minimum Gasteiger partial charge on any atom is -0.480 e. The van der Waals surface area contributed by atoms with Crippen LogP contribution in [-0.4, -0.2) is 77.1 Å². The zero-order valence-corrected chi connectivity index (χ0v) is 37.5. The van der Waals surface area contributed by atoms with Crippen molar-refractivity contribution in [3.63, 3.8) is 0 Å². The fraction of sp³-hybridized carbons (Fsp3) is 0.867. The Morgan fingerprint density at radius 3 is 1.31 bits per heavy atom. The summed E-state index contributed by atoms with van der Waals surface area (Å²) in [6, 6.07) is -1.77. The van der Waals surface area contributed by atoms with Gasteiger partial charge in [0.05, 0.1) is 0 Å². The van der Waals surface area contributed by atoms with Crippen LogP contribution in [0.4, 0.5) is 0 Å². The van der Waals surface area contributed by atoms with Crippen LogP contribution in [0.3, 0.4) is 0 Å². The minimum atomic E-state index is -1.02. The molecule has 0 unspecified atom stereocenters. The Labute approximate surface area is 351 Å². The highest BCUT2D eigenvalue weighted by atomic mass is 16.6. The second kappa shape index (κ2) is 33.6. The van der Waals surface area contributed by atoms with Gasteiger partial charge in [-0.15, -0.1) is 0 Å². The van der Waals surface area contributed by atoms with Crippen molar-refractivity contribution < 1.29 is 43.3 Å². The molecular weight excluding hydrogens is 741 g/mol. The monoisotopic (exact) mass is 825 g/mol. The summed E-state index contributed by atoms with van der Waals surface area (Å²) >= 11 is 0. The van der Waals surface area contributed by atoms with E-state index in [0.717, 1.165) is 44.9 Å². The van der Waals surface area contributed by atoms with E-state index in [2.05, 4.69) is 16.0 Å². The number of amides is 3. The van der Waals surface area contributed by atoms with Crippen molar-refractivity contribution in [2.45, 2.75) is 238 Å². The second-order valence-corrected chi connectivity index (χ2v) is 17.9. The van der Waals surface area contributed by atoms with E-state index in [4.69, 9.17) is 20.3 Å². The molecule has 0 aromatic rings. The fourth-order valence-electron chi connectivity index (χ4n) is 6.42. The van der Waals surface area contributed by atoms with Crippen LogP contribution in [0.15, 0.2) is 0 Å². The molecule has 0 aromatic carbocycles. The Morgan fingerprint density at radius 1 is 0.483 bits per heavy atom. The van der Waals surface area contributed by atoms with E-state index < -0.39 is 35.2 Å². The summed E-state index contributed by atoms with van der Waals surface area (Å²) in [4.78, 5) is 72.7. The van der Waals surface area contributed by atoms with Crippen LogP contribution in [0.2, 0.25) is 0 Å². The molecule has 58 heavy (non-hydrogen) atoms. The van der Waals surface area contributed by atoms with E-state index in [1.54, 1.807) is 20.8 Å². The topological polar surface area (TPSA) is 203 Å². The van der Waals surface area contributed by atoms with Gasteiger partial charge in [-0.3, -0.25) is 24.0 Å². The Hall–Kier alpha value is -3.22. The lowest BCUT2D eigenvalue weighted by atomic mass is 10.0. The molecule has 0 spiro atoms. The van der Waals surface area contributed by atoms with Crippen molar-refractivity contribution in [3.8, 4) is 0 Å². The molecule has 0 fully saturated rings. The molecule has 0 aliphatic rings. The van der Waals surface area contributed by atoms with Crippen molar-refractivity contribution in [1.29, 1.82) is 0 Å². The standard InChI is InChI=1S/C45H84N4O9/c1-44(2,3)57-41(53)31-24-20-18-16-14-12-10-8-7-9-11-13-15-17-19-22-30-40(52)49-37(43(56)58-45(4,5)6)32-33-39(51)48-34-26-21-23-29-38(50)47-35-27-25-28-36(46)42(54)55/h36-37H,7-35,46H2,1-6H3,(H,47,50)(H,48,51)(H,49,52)(H,54,55)/t36-,37-/m0/s1. The molecule has 3 amide bonds. The van der Waals surface area contributed by atoms with Gasteiger partial charge >= 0.3 is 17.9 Å². The number of hydrogen-bond donors (Lipinski definition) is 5. The van der Waals surface area contributed by atoms with Crippen LogP contribution in [0.1, 0.15) is 215 Å². The van der Waals surface area contributed by atoms with E-state index in [1.165, 1.54) is 64.2 Å². The number of carboxylic acids is 1. The van der Waals surface area contributed by atoms with Gasteiger partial charge in [0, 0.05) is 38.8 Å². The van der Waals surface area contributed by atoms with Gasteiger partial charge in [0.25, 0.3) is 0 Å². The number of esters is 2. The maximum atomic E-state index is 12.9. The Kier molecular flexibility index (Phi) is 31.7. The number of rotatable bonds is 36. The third-order valence-electron chi connectivity index (χ3n) is 9.63. The van der Waals surface area contributed by atoms with E-state index in [9.17, 15) is 28.8 Å². The fourth-order valence-corrected chi connectivity index (χ4v) is 6.42. The van der Waals surface area contributed by atoms with Gasteiger partial charge in [-0.1, -0.05) is 96.3 Å². The van der Waals surface area contributed by atoms with Gasteiger partial charge in [0.15, 0.2) is 0 Å². The molecule has 0 saturated carbocycles. The first-order valence-electron chi connectivity index (χ1n) is 22.7. The van der Waals surface area contributed by atoms with E-state index >= 15 is 0 Å². The molecule has 0 aliphatic carbocycles. The number of carboxylic acid groups (broad SMARTS) is 1. The summed E-state index contributed by atoms with van der Waals surface area (Å²) in [5, 5.41) is 17.3. The van der Waals surface area contributed by atoms with Crippen molar-refractivity contribution >= 4 is 35.6 Å². The summed E-state index contributed by atoms with van der Waals surface area (Å²) in [5.41, 5.74) is 4.36. The zero-order chi connectivity index (χ0) is 43.7. The highest BCUT2D eigenvalue weighted by Gasteiger charge is 2.27. The molecule has 0 aliphatic heterocycles. The Bertz CT molecular complexity index is 1150. The molecule has 6 N–H and O–H groups in total. The maximum Gasteiger partial charge on any atom is 0.329 e. The molecule has 0 rings (SSSR count). The minimum absolute atomic E-state index is 0.0559. The first kappa shape index (κ1) is 54.8. The number of unbranched alkanes of at least 4 members (excludes halogenated alkanes) is 18. The zero-order valence-electron chi connectivity index (χ0n) is 37.5. The molecule has 0 bridgehead atoms. The number of ether oxygens (including phenoxy) is 2. The van der Waals surface area contributed by atoms with Crippen LogP contribution in [0.25, 0.3) is 0 Å². The van der Waals surface area contributed by atoms with Gasteiger partial charge in [-0.25, -0.2) is 4.79 Å². The van der Waals surface area contributed by atoms with Crippen molar-refractivity contribution in [1.82, 2.24) is 16.0 Å². The van der Waals surface area contributed by atoms with Gasteiger partial charge in [0.2, 0.25) is 17.7 Å². The summed E-state index contributed by atoms with van der Waals surface area (Å²) in [7, 11) is 0. The molecule has 0 saturated heterocycles. The van der Waals surface area contributed by atoms with Crippen molar-refractivity contribution in [3.05, 3.63) is 0 Å². The summed E-state index contributed by atoms with van der Waals surface area (Å²) in [6.45, 7) is 12.0. The van der Waals surface area contributed by atoms with Crippen LogP contribution in [0, 0.1) is 0 Å². The average molecular weight is 825 g/mol. The number of nitrogens with two attached hydrogens (primary N) is 1. The SMILES string of the molecule is CC(C)(C)OC(=O)CCCCCCCCCCCCCCCCCCC(=O)N[C@@H](CCC(=O)NCCCCCC(=O)NCCCC[C@H](N)C(=O)O)C(=O)OC(C)(C)C. The molecule has 0 heterocycles. The molecule has 13 heteroatoms. The van der Waals surface area contributed by atoms with Gasteiger partial charge in [0.1, 0.15) is 23.3 Å². The van der Waals surface area contributed by atoms with Crippen LogP contribution < -0.4 is 21.7 Å². The largest absolute Gasteiger partial charge is 0.480 e. The van der Waals surface area contributed by atoms with Crippen molar-refractivity contribution in [2.24, 2.45) is 5.73 Å². The summed E-state index contributed by atoms with van der Waals surface area (Å²) < 4.78 is 10.9. The normalized spacial score (nSPS) is 12.7. The maximum absolute atomic E-state index is 12.9. The summed E-state index contributed by atoms with van der Waals surface area (Å²) in [6.07, 6.45) is 23.9. The quantitative estimate of drug-likeness (QED) is 0.0302. The number of nitrogens with one attached hydrogen (secondary N) is 3. The van der Waals surface area contributed by atoms with E-state index in [0.29, 0.717) is 64.5 Å². The van der Waals surface area contributed by atoms with Crippen LogP contribution in [0.5, 0.6) is 0 Å². The molecule has 0 aromatic heterocycles. The number of carbonyl (C=O) groups is 6. The lowest BCUT2D eigenvalue weighted by Gasteiger charge is -2.24. The number of carbonyl (C=O) groups excluding carboxylic acids is 5. The third-order valence-corrected chi connectivity index (χ3v) is 9.63. The van der Waals surface area contributed by atoms with Gasteiger partial charge in [-0.05, 0) is 92.9 Å². The smallest absolute Gasteiger partial charge is 0.329 e. The number of aliphatic carboxylic acids is 1. The molecule has 13 nitrogen and oxygen atoms in total. The number of hydrogen-bond acceptors (Lipinski definition) is 9. The third kappa shape index (κ3) is 37.1. The molecule has 338 valence electrons. The van der Waals surface area contributed by atoms with E-state index in [-0.39, 0.29) is 36.5 Å². The van der Waals surface area contributed by atoms with Crippen LogP contribution in [-0.2, 0) is 38.2 Å². The van der Waals surface area contributed by atoms with Crippen LogP contribution >= 0.6 is 0 Å². The van der Waals surface area contributed by atoms with Gasteiger partial charge < -0.3 is 36.3 Å². The average Bonchev–Trinajstić information content (AvgIpc) is 3.12. The lowest BCUT2D eigenvalue weighted by Crippen LogP contribution is -2.44. The lowest BCUT2D eigenvalue weighted by molar-refractivity contribution is -0.159. The first-order valence-corrected chi connectivity index (χ1v) is 22.7. The highest BCUT2D eigenvalue weighted by Crippen LogP contribution is 2.16. The van der Waals surface area contributed by atoms with Gasteiger partial charge in [-0.2, -0.15) is 0 Å². The molecular formula is C45H84N4O9. The van der Waals surface area contributed by atoms with E-state index in [1.807, 2.05) is 20.8 Å².